The third-order valence-corrected chi connectivity index (χ3v) is 2.03. The molecule has 1 N–H and O–H groups in total. The Morgan fingerprint density at radius 1 is 1.25 bits per heavy atom. The number of aliphatic carboxylic acids is 1. The van der Waals surface area contributed by atoms with Gasteiger partial charge in [0, 0.05) is 0 Å². The van der Waals surface area contributed by atoms with E-state index < -0.39 is 12.1 Å². The van der Waals surface area contributed by atoms with Gasteiger partial charge in [-0.15, -0.1) is 0 Å². The first kappa shape index (κ1) is 12.2. The third kappa shape index (κ3) is 2.56. The topological polar surface area (TPSA) is 65.0 Å². The molecular weight excluding hydrogens is 212 g/mol. The van der Waals surface area contributed by atoms with Crippen LogP contribution in [0.1, 0.15) is 6.92 Å². The van der Waals surface area contributed by atoms with Gasteiger partial charge in [0.05, 0.1) is 14.2 Å². The molecular formula is C11H14O5. The molecule has 5 nitrogen and oxygen atoms in total. The Labute approximate surface area is 93.6 Å². The molecule has 0 fully saturated rings. The second kappa shape index (κ2) is 5.25. The van der Waals surface area contributed by atoms with Gasteiger partial charge in [0.2, 0.25) is 5.75 Å². The van der Waals surface area contributed by atoms with Crippen molar-refractivity contribution in [1.82, 2.24) is 0 Å². The zero-order chi connectivity index (χ0) is 12.1. The molecule has 5 heteroatoms. The normalized spacial score (nSPS) is 11.7. The van der Waals surface area contributed by atoms with Crippen molar-refractivity contribution >= 4 is 5.97 Å². The minimum absolute atomic E-state index is 0.294. The predicted octanol–water partition coefficient (Wildman–Crippen LogP) is 1.56. The highest BCUT2D eigenvalue weighted by Gasteiger charge is 2.18. The van der Waals surface area contributed by atoms with Crippen molar-refractivity contribution in [3.8, 4) is 17.2 Å². The fourth-order valence-electron chi connectivity index (χ4n) is 1.16. The van der Waals surface area contributed by atoms with E-state index in [0.29, 0.717) is 17.2 Å². The molecule has 0 aliphatic carbocycles. The molecule has 16 heavy (non-hydrogen) atoms. The lowest BCUT2D eigenvalue weighted by Gasteiger charge is -2.16. The van der Waals surface area contributed by atoms with Crippen molar-refractivity contribution in [2.24, 2.45) is 0 Å². The van der Waals surface area contributed by atoms with E-state index in [2.05, 4.69) is 0 Å². The van der Waals surface area contributed by atoms with Crippen LogP contribution < -0.4 is 14.2 Å². The first-order valence-electron chi connectivity index (χ1n) is 4.70. The van der Waals surface area contributed by atoms with Gasteiger partial charge in [0.25, 0.3) is 0 Å². The summed E-state index contributed by atoms with van der Waals surface area (Å²) in [6.07, 6.45) is -0.967. The number of rotatable bonds is 5. The quantitative estimate of drug-likeness (QED) is 0.825. The summed E-state index contributed by atoms with van der Waals surface area (Å²) in [5.41, 5.74) is 0. The van der Waals surface area contributed by atoms with Crippen LogP contribution in [0.3, 0.4) is 0 Å². The van der Waals surface area contributed by atoms with Gasteiger partial charge in [-0.3, -0.25) is 0 Å². The molecule has 88 valence electrons. The third-order valence-electron chi connectivity index (χ3n) is 2.03. The highest BCUT2D eigenvalue weighted by molar-refractivity contribution is 5.72. The second-order valence-corrected chi connectivity index (χ2v) is 3.09. The number of carbonyl (C=O) groups is 1. The number of hydrogen-bond acceptors (Lipinski definition) is 4. The number of hydrogen-bond donors (Lipinski definition) is 1. The van der Waals surface area contributed by atoms with E-state index in [0.717, 1.165) is 0 Å². The van der Waals surface area contributed by atoms with Gasteiger partial charge < -0.3 is 19.3 Å². The number of carboxylic acid groups (broad SMARTS) is 1. The van der Waals surface area contributed by atoms with Crippen LogP contribution in [0, 0.1) is 0 Å². The van der Waals surface area contributed by atoms with Crippen LogP contribution in [0.15, 0.2) is 18.2 Å². The molecule has 1 aromatic rings. The van der Waals surface area contributed by atoms with Gasteiger partial charge in [0.15, 0.2) is 17.6 Å². The lowest BCUT2D eigenvalue weighted by Crippen LogP contribution is -2.23. The Balaban J connectivity index is 3.04. The van der Waals surface area contributed by atoms with E-state index in [4.69, 9.17) is 19.3 Å². The molecule has 0 saturated heterocycles. The molecule has 0 saturated carbocycles. The maximum absolute atomic E-state index is 10.7. The first-order valence-corrected chi connectivity index (χ1v) is 4.70. The van der Waals surface area contributed by atoms with E-state index in [1.54, 1.807) is 18.2 Å². The molecule has 1 unspecified atom stereocenters. The molecule has 1 aromatic carbocycles. The Morgan fingerprint density at radius 2 is 1.75 bits per heavy atom. The van der Waals surface area contributed by atoms with Gasteiger partial charge in [-0.2, -0.15) is 0 Å². The van der Waals surface area contributed by atoms with Crippen LogP contribution in [0.25, 0.3) is 0 Å². The van der Waals surface area contributed by atoms with Gasteiger partial charge >= 0.3 is 5.97 Å². The number of benzene rings is 1. The number of methoxy groups -OCH3 is 2. The van der Waals surface area contributed by atoms with Crippen LogP contribution in [-0.2, 0) is 4.79 Å². The van der Waals surface area contributed by atoms with Crippen molar-refractivity contribution in [3.63, 3.8) is 0 Å². The van der Waals surface area contributed by atoms with Gasteiger partial charge in [-0.25, -0.2) is 4.79 Å². The molecule has 0 bridgehead atoms. The minimum Gasteiger partial charge on any atom is -0.493 e. The van der Waals surface area contributed by atoms with Crippen molar-refractivity contribution in [1.29, 1.82) is 0 Å². The Hall–Kier alpha value is -1.91. The lowest BCUT2D eigenvalue weighted by molar-refractivity contribution is -0.144. The molecule has 0 aliphatic rings. The molecule has 0 amide bonds. The standard InChI is InChI=1S/C11H14O5/c1-7(11(12)13)16-10-8(14-2)5-4-6-9(10)15-3/h4-7H,1-3H3,(H,12,13). The van der Waals surface area contributed by atoms with E-state index in [1.165, 1.54) is 21.1 Å². The maximum atomic E-state index is 10.7. The maximum Gasteiger partial charge on any atom is 0.344 e. The summed E-state index contributed by atoms with van der Waals surface area (Å²) in [4.78, 5) is 10.7. The Morgan fingerprint density at radius 3 is 2.12 bits per heavy atom. The Bertz CT molecular complexity index is 352. The van der Waals surface area contributed by atoms with E-state index in [-0.39, 0.29) is 0 Å². The highest BCUT2D eigenvalue weighted by Crippen LogP contribution is 2.37. The van der Waals surface area contributed by atoms with E-state index in [1.807, 2.05) is 0 Å². The van der Waals surface area contributed by atoms with Crippen LogP contribution >= 0.6 is 0 Å². The van der Waals surface area contributed by atoms with Crippen LogP contribution in [0.5, 0.6) is 17.2 Å². The molecule has 0 heterocycles. The fourth-order valence-corrected chi connectivity index (χ4v) is 1.16. The van der Waals surface area contributed by atoms with Crippen molar-refractivity contribution in [2.45, 2.75) is 13.0 Å². The molecule has 0 aromatic heterocycles. The number of para-hydroxylation sites is 1. The summed E-state index contributed by atoms with van der Waals surface area (Å²) >= 11 is 0. The van der Waals surface area contributed by atoms with Crippen LogP contribution in [-0.4, -0.2) is 31.4 Å². The summed E-state index contributed by atoms with van der Waals surface area (Å²) < 4.78 is 15.4. The fraction of sp³-hybridized carbons (Fsp3) is 0.364. The smallest absolute Gasteiger partial charge is 0.344 e. The SMILES string of the molecule is COc1cccc(OC)c1OC(C)C(=O)O. The van der Waals surface area contributed by atoms with Crippen molar-refractivity contribution < 1.29 is 24.1 Å². The van der Waals surface area contributed by atoms with Gasteiger partial charge in [0.1, 0.15) is 0 Å². The van der Waals surface area contributed by atoms with Gasteiger partial charge in [-0.1, -0.05) is 6.07 Å². The van der Waals surface area contributed by atoms with Crippen LogP contribution in [0.4, 0.5) is 0 Å². The van der Waals surface area contributed by atoms with Crippen LogP contribution in [0.2, 0.25) is 0 Å². The molecule has 0 aliphatic heterocycles. The zero-order valence-electron chi connectivity index (χ0n) is 9.39. The highest BCUT2D eigenvalue weighted by atomic mass is 16.6. The van der Waals surface area contributed by atoms with Gasteiger partial charge in [-0.05, 0) is 19.1 Å². The number of carboxylic acids is 1. The van der Waals surface area contributed by atoms with E-state index in [9.17, 15) is 4.79 Å². The zero-order valence-corrected chi connectivity index (χ0v) is 9.39. The summed E-state index contributed by atoms with van der Waals surface area (Å²) in [6, 6.07) is 5.08. The Kier molecular flexibility index (Phi) is 3.99. The lowest BCUT2D eigenvalue weighted by atomic mass is 10.3. The summed E-state index contributed by atoms with van der Waals surface area (Å²) in [7, 11) is 2.96. The molecule has 1 rings (SSSR count). The summed E-state index contributed by atoms with van der Waals surface area (Å²) in [6.45, 7) is 1.44. The average Bonchev–Trinajstić information content (AvgIpc) is 2.29. The number of ether oxygens (including phenoxy) is 3. The summed E-state index contributed by atoms with van der Waals surface area (Å²) in [5, 5.41) is 8.76. The molecule has 0 radical (unpaired) electrons. The first-order chi connectivity index (χ1) is 7.60. The molecule has 0 spiro atoms. The van der Waals surface area contributed by atoms with Crippen molar-refractivity contribution in [2.75, 3.05) is 14.2 Å². The predicted molar refractivity (Wildman–Crippen MR) is 57.3 cm³/mol. The minimum atomic E-state index is -1.05. The van der Waals surface area contributed by atoms with E-state index >= 15 is 0 Å². The second-order valence-electron chi connectivity index (χ2n) is 3.09. The monoisotopic (exact) mass is 226 g/mol. The largest absolute Gasteiger partial charge is 0.493 e. The molecule has 1 atom stereocenters. The average molecular weight is 226 g/mol. The van der Waals surface area contributed by atoms with Crippen molar-refractivity contribution in [3.05, 3.63) is 18.2 Å². The summed E-state index contributed by atoms with van der Waals surface area (Å²) in [5.74, 6) is 0.121.